The van der Waals surface area contributed by atoms with Crippen molar-refractivity contribution in [2.24, 2.45) is 0 Å². The minimum absolute atomic E-state index is 0.229. The van der Waals surface area contributed by atoms with Crippen LogP contribution in [0.2, 0.25) is 0 Å². The summed E-state index contributed by atoms with van der Waals surface area (Å²) in [5, 5.41) is 0. The number of hydrogen-bond donors (Lipinski definition) is 0. The van der Waals surface area contributed by atoms with Gasteiger partial charge in [-0.15, -0.1) is 0 Å². The van der Waals surface area contributed by atoms with Crippen molar-refractivity contribution in [2.75, 3.05) is 6.61 Å². The van der Waals surface area contributed by atoms with Gasteiger partial charge >= 0.3 is 5.97 Å². The molecule has 0 aliphatic heterocycles. The number of hydrogen-bond acceptors (Lipinski definition) is 2. The summed E-state index contributed by atoms with van der Waals surface area (Å²) in [6, 6.07) is 7.96. The van der Waals surface area contributed by atoms with Gasteiger partial charge in [0.05, 0.1) is 6.61 Å². The van der Waals surface area contributed by atoms with E-state index < -0.39 is 0 Å². The van der Waals surface area contributed by atoms with Crippen molar-refractivity contribution in [1.29, 1.82) is 0 Å². The van der Waals surface area contributed by atoms with Crippen LogP contribution < -0.4 is 0 Å². The molecular weight excluding hydrogens is 280 g/mol. The van der Waals surface area contributed by atoms with Gasteiger partial charge in [-0.1, -0.05) is 35.0 Å². The SMILES string of the molecule is CCOC(=O)/C(C)=C(/CC)c1ccc(Br)cc1. The van der Waals surface area contributed by atoms with Crippen LogP contribution in [0.25, 0.3) is 5.57 Å². The molecule has 0 N–H and O–H groups in total. The van der Waals surface area contributed by atoms with E-state index in [1.165, 1.54) is 0 Å². The molecule has 2 nitrogen and oxygen atoms in total. The zero-order chi connectivity index (χ0) is 12.8. The van der Waals surface area contributed by atoms with E-state index in [4.69, 9.17) is 4.74 Å². The molecule has 0 radical (unpaired) electrons. The van der Waals surface area contributed by atoms with Gasteiger partial charge in [0.2, 0.25) is 0 Å². The van der Waals surface area contributed by atoms with Crippen LogP contribution in [0, 0.1) is 0 Å². The number of ether oxygens (including phenoxy) is 1. The Morgan fingerprint density at radius 2 is 1.82 bits per heavy atom. The van der Waals surface area contributed by atoms with E-state index in [2.05, 4.69) is 15.9 Å². The van der Waals surface area contributed by atoms with Gasteiger partial charge in [-0.3, -0.25) is 0 Å². The zero-order valence-corrected chi connectivity index (χ0v) is 12.0. The molecule has 0 atom stereocenters. The van der Waals surface area contributed by atoms with E-state index in [-0.39, 0.29) is 5.97 Å². The van der Waals surface area contributed by atoms with Crippen LogP contribution in [-0.2, 0) is 9.53 Å². The molecule has 0 bridgehead atoms. The molecule has 1 rings (SSSR count). The molecule has 0 aliphatic rings. The van der Waals surface area contributed by atoms with Gasteiger partial charge in [0.25, 0.3) is 0 Å². The molecular formula is C14H17BrO2. The summed E-state index contributed by atoms with van der Waals surface area (Å²) < 4.78 is 6.06. The van der Waals surface area contributed by atoms with E-state index in [0.717, 1.165) is 22.0 Å². The molecule has 0 heterocycles. The molecule has 0 fully saturated rings. The molecule has 0 saturated heterocycles. The van der Waals surface area contributed by atoms with Crippen molar-refractivity contribution >= 4 is 27.5 Å². The Kier molecular flexibility index (Phi) is 5.42. The molecule has 0 saturated carbocycles. The lowest BCUT2D eigenvalue weighted by molar-refractivity contribution is -0.138. The molecule has 92 valence electrons. The van der Waals surface area contributed by atoms with Gasteiger partial charge in [0.15, 0.2) is 0 Å². The predicted octanol–water partition coefficient (Wildman–Crippen LogP) is 4.20. The fourth-order valence-corrected chi connectivity index (χ4v) is 1.96. The molecule has 17 heavy (non-hydrogen) atoms. The topological polar surface area (TPSA) is 26.3 Å². The first kappa shape index (κ1) is 14.0. The molecule has 1 aromatic rings. The maximum absolute atomic E-state index is 11.7. The normalized spacial score (nSPS) is 12.0. The van der Waals surface area contributed by atoms with Gasteiger partial charge in [-0.05, 0) is 43.5 Å². The summed E-state index contributed by atoms with van der Waals surface area (Å²) in [7, 11) is 0. The van der Waals surface area contributed by atoms with Gasteiger partial charge in [-0.2, -0.15) is 0 Å². The third-order valence-corrected chi connectivity index (χ3v) is 3.11. The maximum Gasteiger partial charge on any atom is 0.333 e. The first-order chi connectivity index (χ1) is 8.10. The Hall–Kier alpha value is -1.09. The molecule has 1 aromatic carbocycles. The van der Waals surface area contributed by atoms with Crippen LogP contribution in [-0.4, -0.2) is 12.6 Å². The average molecular weight is 297 g/mol. The van der Waals surface area contributed by atoms with Crippen molar-refractivity contribution < 1.29 is 9.53 Å². The second kappa shape index (κ2) is 6.60. The number of carbonyl (C=O) groups is 1. The summed E-state index contributed by atoms with van der Waals surface area (Å²) >= 11 is 3.40. The third-order valence-electron chi connectivity index (χ3n) is 2.58. The lowest BCUT2D eigenvalue weighted by atomic mass is 9.98. The average Bonchev–Trinajstić information content (AvgIpc) is 2.32. The van der Waals surface area contributed by atoms with E-state index in [9.17, 15) is 4.79 Å². The molecule has 0 aromatic heterocycles. The first-order valence-electron chi connectivity index (χ1n) is 5.73. The van der Waals surface area contributed by atoms with Crippen LogP contribution in [0.1, 0.15) is 32.8 Å². The predicted molar refractivity (Wildman–Crippen MR) is 73.7 cm³/mol. The largest absolute Gasteiger partial charge is 0.463 e. The smallest absolute Gasteiger partial charge is 0.333 e. The highest BCUT2D eigenvalue weighted by Gasteiger charge is 2.11. The molecule has 0 unspecified atom stereocenters. The van der Waals surface area contributed by atoms with Gasteiger partial charge in [0.1, 0.15) is 0 Å². The van der Waals surface area contributed by atoms with E-state index >= 15 is 0 Å². The van der Waals surface area contributed by atoms with E-state index in [1.807, 2.05) is 45.0 Å². The Morgan fingerprint density at radius 3 is 2.29 bits per heavy atom. The first-order valence-corrected chi connectivity index (χ1v) is 6.52. The van der Waals surface area contributed by atoms with Gasteiger partial charge in [-0.25, -0.2) is 4.79 Å². The lowest BCUT2D eigenvalue weighted by Crippen LogP contribution is -2.07. The highest BCUT2D eigenvalue weighted by atomic mass is 79.9. The number of halogens is 1. The van der Waals surface area contributed by atoms with Crippen molar-refractivity contribution in [1.82, 2.24) is 0 Å². The van der Waals surface area contributed by atoms with Crippen LogP contribution in [0.3, 0.4) is 0 Å². The summed E-state index contributed by atoms with van der Waals surface area (Å²) in [6.07, 6.45) is 0.812. The van der Waals surface area contributed by atoms with Gasteiger partial charge in [0, 0.05) is 10.0 Å². The number of allylic oxidation sites excluding steroid dienone is 1. The number of esters is 1. The second-order valence-electron chi connectivity index (χ2n) is 3.68. The summed E-state index contributed by atoms with van der Waals surface area (Å²) in [4.78, 5) is 11.7. The van der Waals surface area contributed by atoms with Crippen molar-refractivity contribution in [3.63, 3.8) is 0 Å². The quantitative estimate of drug-likeness (QED) is 0.615. The van der Waals surface area contributed by atoms with Crippen molar-refractivity contribution in [3.8, 4) is 0 Å². The standard InChI is InChI=1S/C14H17BrO2/c1-4-13(10(3)14(16)17-5-2)11-6-8-12(15)9-7-11/h6-9H,4-5H2,1-3H3/b13-10-. The van der Waals surface area contributed by atoms with Crippen LogP contribution >= 0.6 is 15.9 Å². The highest BCUT2D eigenvalue weighted by Crippen LogP contribution is 2.24. The monoisotopic (exact) mass is 296 g/mol. The van der Waals surface area contributed by atoms with Crippen LogP contribution in [0.5, 0.6) is 0 Å². The minimum Gasteiger partial charge on any atom is -0.463 e. The second-order valence-corrected chi connectivity index (χ2v) is 4.60. The summed E-state index contributed by atoms with van der Waals surface area (Å²) in [5.41, 5.74) is 2.80. The Morgan fingerprint density at radius 1 is 1.24 bits per heavy atom. The minimum atomic E-state index is -0.229. The Balaban J connectivity index is 3.09. The summed E-state index contributed by atoms with van der Waals surface area (Å²) in [6.45, 7) is 6.09. The third kappa shape index (κ3) is 3.70. The van der Waals surface area contributed by atoms with Crippen LogP contribution in [0.15, 0.2) is 34.3 Å². The van der Waals surface area contributed by atoms with Gasteiger partial charge < -0.3 is 4.74 Å². The van der Waals surface area contributed by atoms with Crippen molar-refractivity contribution in [3.05, 3.63) is 39.9 Å². The molecule has 0 aliphatic carbocycles. The Bertz CT molecular complexity index is 418. The maximum atomic E-state index is 11.7. The number of benzene rings is 1. The zero-order valence-electron chi connectivity index (χ0n) is 10.4. The Labute approximate surface area is 111 Å². The lowest BCUT2D eigenvalue weighted by Gasteiger charge is -2.10. The van der Waals surface area contributed by atoms with E-state index in [1.54, 1.807) is 0 Å². The highest BCUT2D eigenvalue weighted by molar-refractivity contribution is 9.10. The fraction of sp³-hybridized carbons (Fsp3) is 0.357. The van der Waals surface area contributed by atoms with E-state index in [0.29, 0.717) is 12.2 Å². The molecule has 0 spiro atoms. The fourth-order valence-electron chi connectivity index (χ4n) is 1.70. The van der Waals surface area contributed by atoms with Crippen molar-refractivity contribution in [2.45, 2.75) is 27.2 Å². The number of carbonyl (C=O) groups excluding carboxylic acids is 1. The molecule has 3 heteroatoms. The number of rotatable bonds is 4. The van der Waals surface area contributed by atoms with Crippen LogP contribution in [0.4, 0.5) is 0 Å². The summed E-state index contributed by atoms with van der Waals surface area (Å²) in [5.74, 6) is -0.229. The molecule has 0 amide bonds.